The molecule has 6 aromatic rings. The Bertz CT molecular complexity index is 1650. The molecule has 0 fully saturated rings. The molecule has 2 N–H and O–H groups in total. The third kappa shape index (κ3) is 5.27. The molecule has 0 saturated heterocycles. The van der Waals surface area contributed by atoms with Crippen molar-refractivity contribution in [1.82, 2.24) is 9.97 Å². The summed E-state index contributed by atoms with van der Waals surface area (Å²) in [6.07, 6.45) is 0. The van der Waals surface area contributed by atoms with Gasteiger partial charge in [-0.2, -0.15) is 0 Å². The molecule has 11 heteroatoms. The summed E-state index contributed by atoms with van der Waals surface area (Å²) in [5.41, 5.74) is 2.87. The lowest BCUT2D eigenvalue weighted by molar-refractivity contribution is 0.475. The van der Waals surface area contributed by atoms with Gasteiger partial charge in [-0.1, -0.05) is 22.7 Å². The molecule has 0 amide bonds. The van der Waals surface area contributed by atoms with E-state index in [1.54, 1.807) is 48.5 Å². The molecule has 2 heterocycles. The van der Waals surface area contributed by atoms with Gasteiger partial charge in [0.25, 0.3) is 0 Å². The number of hydrogen-bond acceptors (Lipinski definition) is 11. The van der Waals surface area contributed by atoms with Gasteiger partial charge in [-0.25, -0.2) is 9.97 Å². The maximum absolute atomic E-state index is 9.38. The Labute approximate surface area is 217 Å². The monoisotopic (exact) mass is 524 g/mol. The van der Waals surface area contributed by atoms with Gasteiger partial charge in [-0.05, 0) is 72.8 Å². The molecular formula is C26H16N6O3S2. The molecule has 9 nitrogen and oxygen atoms in total. The van der Waals surface area contributed by atoms with E-state index in [1.807, 2.05) is 36.4 Å². The average Bonchev–Trinajstić information content (AvgIpc) is 3.51. The number of ether oxygens (including phenoxy) is 1. The molecule has 0 aliphatic heterocycles. The van der Waals surface area contributed by atoms with Crippen molar-refractivity contribution in [2.45, 2.75) is 0 Å². The van der Waals surface area contributed by atoms with Gasteiger partial charge in [0.05, 0.1) is 31.8 Å². The number of phenols is 2. The van der Waals surface area contributed by atoms with E-state index < -0.39 is 0 Å². The van der Waals surface area contributed by atoms with Crippen LogP contribution in [0.4, 0.5) is 21.6 Å². The summed E-state index contributed by atoms with van der Waals surface area (Å²) >= 11 is 2.82. The van der Waals surface area contributed by atoms with E-state index in [0.29, 0.717) is 33.1 Å². The highest BCUT2D eigenvalue weighted by Crippen LogP contribution is 2.36. The summed E-state index contributed by atoms with van der Waals surface area (Å²) in [6, 6.07) is 24.3. The molecule has 0 aliphatic carbocycles. The maximum Gasteiger partial charge on any atom is 0.231 e. The van der Waals surface area contributed by atoms with E-state index in [-0.39, 0.29) is 11.5 Å². The number of fused-ring (bicyclic) bond motifs is 2. The number of hydrogen-bond donors (Lipinski definition) is 2. The van der Waals surface area contributed by atoms with Crippen molar-refractivity contribution in [2.24, 2.45) is 20.5 Å². The number of benzene rings is 4. The van der Waals surface area contributed by atoms with Gasteiger partial charge in [0.1, 0.15) is 23.0 Å². The van der Waals surface area contributed by atoms with Crippen LogP contribution in [0.25, 0.3) is 20.4 Å². The second-order valence-corrected chi connectivity index (χ2v) is 9.80. The van der Waals surface area contributed by atoms with Gasteiger partial charge in [0.15, 0.2) is 0 Å². The fourth-order valence-corrected chi connectivity index (χ4v) is 5.01. The van der Waals surface area contributed by atoms with Crippen molar-refractivity contribution in [2.75, 3.05) is 0 Å². The third-order valence-corrected chi connectivity index (χ3v) is 6.94. The Morgan fingerprint density at radius 3 is 1.41 bits per heavy atom. The van der Waals surface area contributed by atoms with Gasteiger partial charge >= 0.3 is 0 Å². The molecule has 0 bridgehead atoms. The summed E-state index contributed by atoms with van der Waals surface area (Å²) in [4.78, 5) is 8.99. The highest BCUT2D eigenvalue weighted by atomic mass is 32.1. The third-order valence-electron chi connectivity index (χ3n) is 5.13. The number of rotatable bonds is 6. The first-order valence-corrected chi connectivity index (χ1v) is 12.6. The lowest BCUT2D eigenvalue weighted by Crippen LogP contribution is -1.83. The minimum absolute atomic E-state index is 0.178. The van der Waals surface area contributed by atoms with Crippen molar-refractivity contribution in [3.05, 3.63) is 84.9 Å². The Kier molecular flexibility index (Phi) is 5.97. The molecule has 0 unspecified atom stereocenters. The molecule has 37 heavy (non-hydrogen) atoms. The number of thiazole rings is 2. The second-order valence-electron chi connectivity index (χ2n) is 7.79. The summed E-state index contributed by atoms with van der Waals surface area (Å²) < 4.78 is 7.94. The van der Waals surface area contributed by atoms with E-state index in [0.717, 1.165) is 20.4 Å². The molecule has 4 aromatic carbocycles. The molecule has 2 aromatic heterocycles. The van der Waals surface area contributed by atoms with Crippen molar-refractivity contribution in [3.63, 3.8) is 0 Å². The summed E-state index contributed by atoms with van der Waals surface area (Å²) in [7, 11) is 0. The molecule has 0 aliphatic rings. The molecular weight excluding hydrogens is 508 g/mol. The van der Waals surface area contributed by atoms with Crippen LogP contribution in [0.15, 0.2) is 105 Å². The maximum atomic E-state index is 9.38. The SMILES string of the molecule is Oc1ccc(N=Nc2nc3ccc(Oc4ccc5nc(N=Nc6ccc(O)cc6)sc5c4)cc3s2)cc1. The predicted octanol–water partition coefficient (Wildman–Crippen LogP) is 8.94. The zero-order valence-electron chi connectivity index (χ0n) is 18.9. The van der Waals surface area contributed by atoms with E-state index in [9.17, 15) is 10.2 Å². The zero-order valence-corrected chi connectivity index (χ0v) is 20.5. The van der Waals surface area contributed by atoms with Gasteiger partial charge in [-0.3, -0.25) is 0 Å². The average molecular weight is 525 g/mol. The minimum atomic E-state index is 0.178. The largest absolute Gasteiger partial charge is 0.508 e. The van der Waals surface area contributed by atoms with Gasteiger partial charge in [0.2, 0.25) is 10.3 Å². The lowest BCUT2D eigenvalue weighted by atomic mass is 10.3. The summed E-state index contributed by atoms with van der Waals surface area (Å²) in [6.45, 7) is 0. The number of aromatic hydroxyl groups is 2. The van der Waals surface area contributed by atoms with Crippen molar-refractivity contribution < 1.29 is 14.9 Å². The van der Waals surface area contributed by atoms with E-state index in [1.165, 1.54) is 22.7 Å². The highest BCUT2D eigenvalue weighted by Gasteiger charge is 2.09. The highest BCUT2D eigenvalue weighted by molar-refractivity contribution is 7.22. The van der Waals surface area contributed by atoms with E-state index >= 15 is 0 Å². The minimum Gasteiger partial charge on any atom is -0.508 e. The lowest BCUT2D eigenvalue weighted by Gasteiger charge is -2.05. The van der Waals surface area contributed by atoms with Gasteiger partial charge in [-0.15, -0.1) is 20.5 Å². The van der Waals surface area contributed by atoms with Crippen LogP contribution < -0.4 is 4.74 Å². The van der Waals surface area contributed by atoms with Gasteiger partial charge < -0.3 is 14.9 Å². The predicted molar refractivity (Wildman–Crippen MR) is 144 cm³/mol. The smallest absolute Gasteiger partial charge is 0.231 e. The fraction of sp³-hybridized carbons (Fsp3) is 0. The quantitative estimate of drug-likeness (QED) is 0.210. The molecule has 180 valence electrons. The van der Waals surface area contributed by atoms with Crippen LogP contribution in [0, 0.1) is 0 Å². The van der Waals surface area contributed by atoms with Crippen LogP contribution in [0.2, 0.25) is 0 Å². The molecule has 0 spiro atoms. The van der Waals surface area contributed by atoms with Crippen LogP contribution in [-0.2, 0) is 0 Å². The van der Waals surface area contributed by atoms with Crippen LogP contribution >= 0.6 is 22.7 Å². The second kappa shape index (κ2) is 9.72. The Morgan fingerprint density at radius 1 is 0.541 bits per heavy atom. The first kappa shape index (κ1) is 22.7. The zero-order chi connectivity index (χ0) is 25.2. The van der Waals surface area contributed by atoms with Crippen molar-refractivity contribution in [3.8, 4) is 23.0 Å². The molecule has 0 radical (unpaired) electrons. The summed E-state index contributed by atoms with van der Waals surface area (Å²) in [5.74, 6) is 1.71. The molecule has 0 saturated carbocycles. The Hall–Kier alpha value is -4.74. The van der Waals surface area contributed by atoms with Crippen LogP contribution in [0.5, 0.6) is 23.0 Å². The first-order chi connectivity index (χ1) is 18.1. The Morgan fingerprint density at radius 2 is 0.973 bits per heavy atom. The first-order valence-electron chi connectivity index (χ1n) is 11.0. The number of azo groups is 2. The Balaban J connectivity index is 1.18. The van der Waals surface area contributed by atoms with Crippen LogP contribution in [-0.4, -0.2) is 20.2 Å². The topological polar surface area (TPSA) is 125 Å². The van der Waals surface area contributed by atoms with E-state index in [4.69, 9.17) is 4.74 Å². The number of phenolic OH excluding ortho intramolecular Hbond substituents is 2. The normalized spacial score (nSPS) is 11.8. The van der Waals surface area contributed by atoms with Gasteiger partial charge in [0, 0.05) is 12.1 Å². The fourth-order valence-electron chi connectivity index (χ4n) is 3.37. The van der Waals surface area contributed by atoms with Crippen molar-refractivity contribution >= 4 is 64.7 Å². The molecule has 0 atom stereocenters. The van der Waals surface area contributed by atoms with Crippen LogP contribution in [0.3, 0.4) is 0 Å². The summed E-state index contributed by atoms with van der Waals surface area (Å²) in [5, 5.41) is 36.6. The number of nitrogens with zero attached hydrogens (tertiary/aromatic N) is 6. The molecule has 6 rings (SSSR count). The van der Waals surface area contributed by atoms with Crippen molar-refractivity contribution in [1.29, 1.82) is 0 Å². The number of aromatic nitrogens is 2. The standard InChI is InChI=1S/C26H16N6O3S2/c33-17-5-1-15(2-6-17)29-31-25-27-21-11-9-19(13-23(21)36-25)35-20-10-12-22-24(14-20)37-26(28-22)32-30-16-3-7-18(34)8-4-16/h1-14,33-34H. The van der Waals surface area contributed by atoms with Crippen LogP contribution in [0.1, 0.15) is 0 Å². The van der Waals surface area contributed by atoms with E-state index in [2.05, 4.69) is 30.4 Å².